The number of aromatic nitrogens is 1. The van der Waals surface area contributed by atoms with E-state index in [1.165, 1.54) is 24.3 Å². The van der Waals surface area contributed by atoms with Crippen LogP contribution in [-0.4, -0.2) is 35.5 Å². The van der Waals surface area contributed by atoms with Gasteiger partial charge in [0, 0.05) is 17.0 Å². The van der Waals surface area contributed by atoms with Crippen molar-refractivity contribution in [2.24, 2.45) is 0 Å². The van der Waals surface area contributed by atoms with E-state index < -0.39 is 34.1 Å². The lowest BCUT2D eigenvalue weighted by Crippen LogP contribution is -2.35. The van der Waals surface area contributed by atoms with Crippen molar-refractivity contribution in [1.82, 2.24) is 8.87 Å². The molecule has 0 saturated carbocycles. The molecule has 3 aromatic rings. The molecule has 0 aliphatic carbocycles. The Labute approximate surface area is 167 Å². The Hall–Kier alpha value is -3.26. The lowest BCUT2D eigenvalue weighted by Gasteiger charge is -2.14. The number of halogens is 1. The molecule has 0 N–H and O–H groups in total. The number of nitrogens with zero attached hydrogens (tertiary/aromatic N) is 2. The van der Waals surface area contributed by atoms with Crippen molar-refractivity contribution in [3.8, 4) is 5.69 Å². The second kappa shape index (κ2) is 6.66. The minimum Gasteiger partial charge on any atom is -0.315 e. The van der Waals surface area contributed by atoms with Crippen LogP contribution in [0.2, 0.25) is 0 Å². The molecular formula is C21H17FN2O4S. The Kier molecular flexibility index (Phi) is 4.38. The topological polar surface area (TPSA) is 76.5 Å². The number of para-hydroxylation sites is 1. The van der Waals surface area contributed by atoms with Crippen molar-refractivity contribution in [2.75, 3.05) is 6.54 Å². The molecule has 0 atom stereocenters. The molecule has 0 spiro atoms. The molecule has 4 rings (SSSR count). The average molecular weight is 412 g/mol. The van der Waals surface area contributed by atoms with E-state index in [-0.39, 0.29) is 16.0 Å². The number of hydrogen-bond donors (Lipinski definition) is 0. The van der Waals surface area contributed by atoms with E-state index in [0.717, 1.165) is 0 Å². The number of benzene rings is 2. The summed E-state index contributed by atoms with van der Waals surface area (Å²) >= 11 is 0. The van der Waals surface area contributed by atoms with E-state index in [1.54, 1.807) is 48.7 Å². The molecule has 6 nitrogen and oxygen atoms in total. The zero-order valence-electron chi connectivity index (χ0n) is 15.7. The van der Waals surface area contributed by atoms with Gasteiger partial charge in [0.2, 0.25) is 0 Å². The maximum absolute atomic E-state index is 14.2. The first kappa shape index (κ1) is 19.1. The van der Waals surface area contributed by atoms with Crippen molar-refractivity contribution < 1.29 is 22.4 Å². The Morgan fingerprint density at radius 1 is 1.03 bits per heavy atom. The van der Waals surface area contributed by atoms with E-state index in [9.17, 15) is 22.4 Å². The van der Waals surface area contributed by atoms with Crippen LogP contribution in [0.3, 0.4) is 0 Å². The number of rotatable bonds is 4. The summed E-state index contributed by atoms with van der Waals surface area (Å²) in [6.07, 6.45) is 0. The molecule has 0 fully saturated rings. The first-order valence-electron chi connectivity index (χ1n) is 8.86. The first-order valence-corrected chi connectivity index (χ1v) is 10.3. The number of hydrogen-bond acceptors (Lipinski definition) is 4. The minimum absolute atomic E-state index is 0.0529. The fraction of sp³-hybridized carbons (Fsp3) is 0.143. The zero-order chi connectivity index (χ0) is 20.9. The fourth-order valence-corrected chi connectivity index (χ4v) is 5.18. The standard InChI is InChI=1S/C21H17FN2O4S/c1-13-11-16(14(2)24(13)18-9-5-4-8-17(18)22)19(25)12-23-21(26)15-7-3-6-10-20(15)29(23,27)28/h3-11H,12H2,1-2H3. The average Bonchev–Trinajstić information content (AvgIpc) is 3.09. The summed E-state index contributed by atoms with van der Waals surface area (Å²) in [5.74, 6) is -1.71. The molecule has 1 aromatic heterocycles. The van der Waals surface area contributed by atoms with Crippen molar-refractivity contribution in [3.63, 3.8) is 0 Å². The second-order valence-corrected chi connectivity index (χ2v) is 8.64. The summed E-state index contributed by atoms with van der Waals surface area (Å²) in [6.45, 7) is 2.77. The van der Waals surface area contributed by atoms with Gasteiger partial charge in [0.05, 0.1) is 11.3 Å². The van der Waals surface area contributed by atoms with E-state index in [2.05, 4.69) is 0 Å². The van der Waals surface area contributed by atoms with Gasteiger partial charge in [-0.1, -0.05) is 24.3 Å². The van der Waals surface area contributed by atoms with Gasteiger partial charge in [-0.3, -0.25) is 9.59 Å². The van der Waals surface area contributed by atoms with Crippen LogP contribution in [0.15, 0.2) is 59.5 Å². The summed E-state index contributed by atoms with van der Waals surface area (Å²) in [4.78, 5) is 25.4. The van der Waals surface area contributed by atoms with Gasteiger partial charge in [-0.15, -0.1) is 0 Å². The van der Waals surface area contributed by atoms with E-state index >= 15 is 0 Å². The van der Waals surface area contributed by atoms with E-state index in [4.69, 9.17) is 0 Å². The summed E-state index contributed by atoms with van der Waals surface area (Å²) < 4.78 is 41.8. The highest BCUT2D eigenvalue weighted by molar-refractivity contribution is 7.90. The number of sulfonamides is 1. The molecule has 0 radical (unpaired) electrons. The SMILES string of the molecule is Cc1cc(C(=O)CN2C(=O)c3ccccc3S2(=O)=O)c(C)n1-c1ccccc1F. The number of amides is 1. The number of fused-ring (bicyclic) bond motifs is 1. The molecule has 0 unspecified atom stereocenters. The van der Waals surface area contributed by atoms with Gasteiger partial charge in [-0.25, -0.2) is 17.1 Å². The van der Waals surface area contributed by atoms with Crippen LogP contribution in [0.1, 0.15) is 32.1 Å². The lowest BCUT2D eigenvalue weighted by molar-refractivity contribution is 0.0820. The first-order chi connectivity index (χ1) is 13.7. The Morgan fingerprint density at radius 2 is 1.69 bits per heavy atom. The highest BCUT2D eigenvalue weighted by atomic mass is 32.2. The predicted octanol–water partition coefficient (Wildman–Crippen LogP) is 3.26. The third-order valence-corrected chi connectivity index (χ3v) is 6.81. The predicted molar refractivity (Wildman–Crippen MR) is 104 cm³/mol. The van der Waals surface area contributed by atoms with Crippen molar-refractivity contribution >= 4 is 21.7 Å². The van der Waals surface area contributed by atoms with Crippen molar-refractivity contribution in [2.45, 2.75) is 18.7 Å². The molecular weight excluding hydrogens is 395 g/mol. The number of aryl methyl sites for hydroxylation is 1. The number of carbonyl (C=O) groups is 2. The van der Waals surface area contributed by atoms with Gasteiger partial charge in [0.15, 0.2) is 5.78 Å². The van der Waals surface area contributed by atoms with Gasteiger partial charge in [-0.05, 0) is 44.2 Å². The van der Waals surface area contributed by atoms with Gasteiger partial charge >= 0.3 is 0 Å². The third kappa shape index (κ3) is 2.87. The number of ketones is 1. The zero-order valence-corrected chi connectivity index (χ0v) is 16.5. The summed E-state index contributed by atoms with van der Waals surface area (Å²) in [5, 5.41) is 0. The number of Topliss-reactive ketones (excluding diaryl/α,β-unsaturated/α-hetero) is 1. The smallest absolute Gasteiger partial charge is 0.269 e. The normalized spacial score (nSPS) is 14.9. The quantitative estimate of drug-likeness (QED) is 0.617. The Balaban J connectivity index is 1.70. The lowest BCUT2D eigenvalue weighted by atomic mass is 10.1. The summed E-state index contributed by atoms with van der Waals surface area (Å²) in [7, 11) is -4.08. The molecule has 1 aliphatic heterocycles. The fourth-order valence-electron chi connectivity index (χ4n) is 3.65. The van der Waals surface area contributed by atoms with Crippen LogP contribution in [0.5, 0.6) is 0 Å². The Bertz CT molecular complexity index is 1280. The van der Waals surface area contributed by atoms with Crippen LogP contribution in [0.4, 0.5) is 4.39 Å². The molecule has 0 saturated heterocycles. The van der Waals surface area contributed by atoms with E-state index in [0.29, 0.717) is 21.4 Å². The highest BCUT2D eigenvalue weighted by Crippen LogP contribution is 2.30. The molecule has 29 heavy (non-hydrogen) atoms. The van der Waals surface area contributed by atoms with Crippen LogP contribution in [-0.2, 0) is 10.0 Å². The largest absolute Gasteiger partial charge is 0.315 e. The second-order valence-electron chi connectivity index (χ2n) is 6.81. The minimum atomic E-state index is -4.08. The van der Waals surface area contributed by atoms with Gasteiger partial charge in [0.25, 0.3) is 15.9 Å². The van der Waals surface area contributed by atoms with Gasteiger partial charge in [-0.2, -0.15) is 0 Å². The molecule has 0 bridgehead atoms. The molecule has 1 amide bonds. The van der Waals surface area contributed by atoms with E-state index in [1.807, 2.05) is 0 Å². The monoisotopic (exact) mass is 412 g/mol. The third-order valence-electron chi connectivity index (χ3n) is 5.02. The van der Waals surface area contributed by atoms with Gasteiger partial charge in [0.1, 0.15) is 17.3 Å². The van der Waals surface area contributed by atoms with Gasteiger partial charge < -0.3 is 4.57 Å². The maximum atomic E-state index is 14.2. The van der Waals surface area contributed by atoms with Crippen LogP contribution >= 0.6 is 0 Å². The Morgan fingerprint density at radius 3 is 2.38 bits per heavy atom. The summed E-state index contributed by atoms with van der Waals surface area (Å²) in [6, 6.07) is 13.6. The van der Waals surface area contributed by atoms with Crippen molar-refractivity contribution in [1.29, 1.82) is 0 Å². The molecule has 2 aromatic carbocycles. The maximum Gasteiger partial charge on any atom is 0.269 e. The van der Waals surface area contributed by atoms with Crippen molar-refractivity contribution in [3.05, 3.63) is 82.9 Å². The molecule has 1 aliphatic rings. The molecule has 8 heteroatoms. The van der Waals surface area contributed by atoms with Crippen LogP contribution < -0.4 is 0 Å². The summed E-state index contributed by atoms with van der Waals surface area (Å²) in [5.41, 5.74) is 1.68. The molecule has 148 valence electrons. The van der Waals surface area contributed by atoms with Crippen LogP contribution in [0, 0.1) is 19.7 Å². The highest BCUT2D eigenvalue weighted by Gasteiger charge is 2.42. The van der Waals surface area contributed by atoms with Crippen LogP contribution in [0.25, 0.3) is 5.69 Å². The molecule has 2 heterocycles. The number of carbonyl (C=O) groups excluding carboxylic acids is 2.